The maximum Gasteiger partial charge on any atom is 0.267 e. The van der Waals surface area contributed by atoms with E-state index in [1.54, 1.807) is 0 Å². The monoisotopic (exact) mass is 333 g/mol. The summed E-state index contributed by atoms with van der Waals surface area (Å²) in [4.78, 5) is 24.8. The zero-order chi connectivity index (χ0) is 17.2. The molecule has 0 saturated carbocycles. The molecule has 5 heteroatoms. The second kappa shape index (κ2) is 6.51. The highest BCUT2D eigenvalue weighted by atomic mass is 16.2. The summed E-state index contributed by atoms with van der Waals surface area (Å²) in [7, 11) is 0. The number of carbonyl (C=O) groups excluding carboxylic acids is 2. The van der Waals surface area contributed by atoms with Gasteiger partial charge in [0.05, 0.1) is 11.7 Å². The first-order chi connectivity index (χ1) is 12.2. The van der Waals surface area contributed by atoms with Crippen LogP contribution in [-0.4, -0.2) is 17.5 Å². The van der Waals surface area contributed by atoms with E-state index in [-0.39, 0.29) is 17.9 Å². The maximum absolute atomic E-state index is 12.7. The summed E-state index contributed by atoms with van der Waals surface area (Å²) in [5, 5.41) is 8.74. The SMILES string of the molecule is O=C(NC1CCc2ccccc21)C1=NN(c2ccccc2)C(=O)CC1. The van der Waals surface area contributed by atoms with Crippen LogP contribution in [0.4, 0.5) is 5.69 Å². The Kier molecular flexibility index (Phi) is 4.06. The number of aryl methyl sites for hydroxylation is 1. The molecule has 0 radical (unpaired) electrons. The van der Waals surface area contributed by atoms with Crippen molar-refractivity contribution in [3.8, 4) is 0 Å². The first-order valence-corrected chi connectivity index (χ1v) is 8.56. The minimum atomic E-state index is -0.185. The zero-order valence-electron chi connectivity index (χ0n) is 13.8. The first-order valence-electron chi connectivity index (χ1n) is 8.56. The summed E-state index contributed by atoms with van der Waals surface area (Å²) >= 11 is 0. The summed E-state index contributed by atoms with van der Waals surface area (Å²) in [5.74, 6) is -0.274. The van der Waals surface area contributed by atoms with Gasteiger partial charge in [0.1, 0.15) is 5.71 Å². The van der Waals surface area contributed by atoms with E-state index < -0.39 is 0 Å². The largest absolute Gasteiger partial charge is 0.344 e. The molecule has 1 atom stereocenters. The summed E-state index contributed by atoms with van der Waals surface area (Å²) in [6.45, 7) is 0. The average Bonchev–Trinajstić information content (AvgIpc) is 3.06. The molecule has 0 bridgehead atoms. The van der Waals surface area contributed by atoms with Gasteiger partial charge < -0.3 is 5.32 Å². The quantitative estimate of drug-likeness (QED) is 0.938. The molecular weight excluding hydrogens is 314 g/mol. The van der Waals surface area contributed by atoms with Gasteiger partial charge in [-0.3, -0.25) is 9.59 Å². The fourth-order valence-electron chi connectivity index (χ4n) is 3.44. The van der Waals surface area contributed by atoms with Crippen LogP contribution in [0, 0.1) is 0 Å². The van der Waals surface area contributed by atoms with E-state index in [1.807, 2.05) is 42.5 Å². The van der Waals surface area contributed by atoms with Crippen molar-refractivity contribution in [2.45, 2.75) is 31.7 Å². The second-order valence-corrected chi connectivity index (χ2v) is 6.35. The summed E-state index contributed by atoms with van der Waals surface area (Å²) in [6.07, 6.45) is 2.55. The van der Waals surface area contributed by atoms with Gasteiger partial charge >= 0.3 is 0 Å². The molecule has 0 fully saturated rings. The average molecular weight is 333 g/mol. The minimum Gasteiger partial charge on any atom is -0.344 e. The van der Waals surface area contributed by atoms with Crippen LogP contribution in [0.5, 0.6) is 0 Å². The molecule has 5 nitrogen and oxygen atoms in total. The Balaban J connectivity index is 1.53. The van der Waals surface area contributed by atoms with E-state index in [0.29, 0.717) is 24.2 Å². The minimum absolute atomic E-state index is 0.0224. The van der Waals surface area contributed by atoms with Crippen molar-refractivity contribution in [1.82, 2.24) is 5.32 Å². The molecule has 2 aromatic carbocycles. The topological polar surface area (TPSA) is 61.8 Å². The lowest BCUT2D eigenvalue weighted by atomic mass is 10.1. The molecule has 1 aliphatic carbocycles. The van der Waals surface area contributed by atoms with Gasteiger partial charge in [-0.05, 0) is 36.1 Å². The van der Waals surface area contributed by atoms with E-state index in [9.17, 15) is 9.59 Å². The van der Waals surface area contributed by atoms with Crippen molar-refractivity contribution in [2.75, 3.05) is 5.01 Å². The van der Waals surface area contributed by atoms with Crippen LogP contribution >= 0.6 is 0 Å². The lowest BCUT2D eigenvalue weighted by Crippen LogP contribution is -2.40. The number of fused-ring (bicyclic) bond motifs is 1. The van der Waals surface area contributed by atoms with Gasteiger partial charge in [-0.2, -0.15) is 5.10 Å². The third kappa shape index (κ3) is 3.05. The highest BCUT2D eigenvalue weighted by Gasteiger charge is 2.29. The number of hydrazone groups is 1. The molecule has 1 heterocycles. The van der Waals surface area contributed by atoms with E-state index >= 15 is 0 Å². The normalized spacial score (nSPS) is 19.4. The van der Waals surface area contributed by atoms with Crippen molar-refractivity contribution >= 4 is 23.2 Å². The molecule has 0 spiro atoms. The zero-order valence-corrected chi connectivity index (χ0v) is 13.8. The van der Waals surface area contributed by atoms with Crippen LogP contribution in [-0.2, 0) is 16.0 Å². The number of hydrogen-bond acceptors (Lipinski definition) is 3. The molecular formula is C20H19N3O2. The van der Waals surface area contributed by atoms with Crippen LogP contribution in [0.25, 0.3) is 0 Å². The highest BCUT2D eigenvalue weighted by Crippen LogP contribution is 2.30. The molecule has 1 N–H and O–H groups in total. The Labute approximate surface area is 146 Å². The molecule has 0 aromatic heterocycles. The van der Waals surface area contributed by atoms with Gasteiger partial charge in [0.2, 0.25) is 5.91 Å². The predicted molar refractivity (Wildman–Crippen MR) is 96.2 cm³/mol. The number of amides is 2. The second-order valence-electron chi connectivity index (χ2n) is 6.35. The number of rotatable bonds is 3. The van der Waals surface area contributed by atoms with Gasteiger partial charge in [0.25, 0.3) is 5.91 Å². The van der Waals surface area contributed by atoms with Gasteiger partial charge in [0, 0.05) is 12.8 Å². The van der Waals surface area contributed by atoms with Crippen molar-refractivity contribution in [1.29, 1.82) is 0 Å². The molecule has 2 amide bonds. The molecule has 126 valence electrons. The smallest absolute Gasteiger partial charge is 0.267 e. The fourth-order valence-corrected chi connectivity index (χ4v) is 3.44. The van der Waals surface area contributed by atoms with Crippen molar-refractivity contribution in [3.05, 3.63) is 65.7 Å². The Morgan fingerprint density at radius 1 is 1.00 bits per heavy atom. The van der Waals surface area contributed by atoms with Crippen LogP contribution in [0.2, 0.25) is 0 Å². The molecule has 4 rings (SSSR count). The third-order valence-electron chi connectivity index (χ3n) is 4.73. The third-order valence-corrected chi connectivity index (χ3v) is 4.73. The molecule has 0 saturated heterocycles. The first kappa shape index (κ1) is 15.6. The standard InChI is InChI=1S/C20H19N3O2/c24-19-13-12-18(22-23(19)15-7-2-1-3-8-15)20(25)21-17-11-10-14-6-4-5-9-16(14)17/h1-9,17H,10-13H2,(H,21,25). The molecule has 25 heavy (non-hydrogen) atoms. The number of nitrogens with zero attached hydrogens (tertiary/aromatic N) is 2. The Bertz CT molecular complexity index is 845. The van der Waals surface area contributed by atoms with E-state index in [1.165, 1.54) is 16.1 Å². The molecule has 1 aliphatic heterocycles. The van der Waals surface area contributed by atoms with Crippen molar-refractivity contribution < 1.29 is 9.59 Å². The number of nitrogens with one attached hydrogen (secondary N) is 1. The molecule has 1 unspecified atom stereocenters. The van der Waals surface area contributed by atoms with Crippen LogP contribution in [0.15, 0.2) is 59.7 Å². The lowest BCUT2D eigenvalue weighted by Gasteiger charge is -2.24. The summed E-state index contributed by atoms with van der Waals surface area (Å²) in [6, 6.07) is 17.4. The fraction of sp³-hybridized carbons (Fsp3) is 0.250. The van der Waals surface area contributed by atoms with Crippen molar-refractivity contribution in [2.24, 2.45) is 5.10 Å². The Morgan fingerprint density at radius 2 is 1.76 bits per heavy atom. The predicted octanol–water partition coefficient (Wildman–Crippen LogP) is 2.97. The highest BCUT2D eigenvalue weighted by molar-refractivity contribution is 6.40. The number of hydrogen-bond donors (Lipinski definition) is 1. The van der Waals surface area contributed by atoms with Crippen LogP contribution in [0.1, 0.15) is 36.4 Å². The molecule has 2 aromatic rings. The summed E-state index contributed by atoms with van der Waals surface area (Å²) < 4.78 is 0. The van der Waals surface area contributed by atoms with Crippen LogP contribution in [0.3, 0.4) is 0 Å². The number of anilines is 1. The van der Waals surface area contributed by atoms with E-state index in [4.69, 9.17) is 0 Å². The van der Waals surface area contributed by atoms with Crippen molar-refractivity contribution in [3.63, 3.8) is 0 Å². The summed E-state index contributed by atoms with van der Waals surface area (Å²) in [5.41, 5.74) is 3.57. The van der Waals surface area contributed by atoms with E-state index in [0.717, 1.165) is 12.8 Å². The van der Waals surface area contributed by atoms with Gasteiger partial charge in [-0.25, -0.2) is 5.01 Å². The number of para-hydroxylation sites is 1. The number of carbonyl (C=O) groups is 2. The number of benzene rings is 2. The Morgan fingerprint density at radius 3 is 2.60 bits per heavy atom. The van der Waals surface area contributed by atoms with E-state index in [2.05, 4.69) is 22.6 Å². The maximum atomic E-state index is 12.7. The molecule has 2 aliphatic rings. The van der Waals surface area contributed by atoms with Gasteiger partial charge in [-0.1, -0.05) is 42.5 Å². The Hall–Kier alpha value is -2.95. The van der Waals surface area contributed by atoms with Crippen LogP contribution < -0.4 is 10.3 Å². The van der Waals surface area contributed by atoms with Gasteiger partial charge in [-0.15, -0.1) is 0 Å². The lowest BCUT2D eigenvalue weighted by molar-refractivity contribution is -0.119. The van der Waals surface area contributed by atoms with Gasteiger partial charge in [0.15, 0.2) is 0 Å².